The molecule has 28 heavy (non-hydrogen) atoms. The molecule has 3 heterocycles. The normalized spacial score (nSPS) is 15.1. The number of piperazine rings is 1. The van der Waals surface area contributed by atoms with Crippen LogP contribution >= 0.6 is 0 Å². The van der Waals surface area contributed by atoms with Gasteiger partial charge in [0.15, 0.2) is 11.5 Å². The zero-order valence-corrected chi connectivity index (χ0v) is 15.5. The van der Waals surface area contributed by atoms with E-state index in [1.165, 1.54) is 6.07 Å². The third-order valence-corrected chi connectivity index (χ3v) is 4.98. The van der Waals surface area contributed by atoms with Gasteiger partial charge in [-0.2, -0.15) is 0 Å². The molecule has 146 valence electrons. The van der Waals surface area contributed by atoms with E-state index in [-0.39, 0.29) is 11.7 Å². The molecule has 0 atom stereocenters. The van der Waals surface area contributed by atoms with E-state index in [4.69, 9.17) is 8.94 Å². The van der Waals surface area contributed by atoms with Gasteiger partial charge in [0, 0.05) is 32.2 Å². The van der Waals surface area contributed by atoms with Gasteiger partial charge in [-0.25, -0.2) is 4.39 Å². The third kappa shape index (κ3) is 4.31. The Morgan fingerprint density at radius 1 is 1.07 bits per heavy atom. The van der Waals surface area contributed by atoms with Crippen molar-refractivity contribution in [1.82, 2.24) is 15.0 Å². The van der Waals surface area contributed by atoms with Crippen LogP contribution in [0.2, 0.25) is 0 Å². The van der Waals surface area contributed by atoms with Crippen molar-refractivity contribution >= 4 is 5.91 Å². The molecule has 6 nitrogen and oxygen atoms in total. The van der Waals surface area contributed by atoms with Crippen LogP contribution in [0, 0.1) is 5.82 Å². The maximum Gasteiger partial charge on any atom is 0.276 e. The predicted octanol–water partition coefficient (Wildman–Crippen LogP) is 3.46. The summed E-state index contributed by atoms with van der Waals surface area (Å²) >= 11 is 0. The summed E-state index contributed by atoms with van der Waals surface area (Å²) in [5.74, 6) is 0.688. The van der Waals surface area contributed by atoms with Crippen molar-refractivity contribution in [3.8, 4) is 11.5 Å². The van der Waals surface area contributed by atoms with Gasteiger partial charge in [-0.05, 0) is 49.2 Å². The third-order valence-electron chi connectivity index (χ3n) is 4.98. The minimum atomic E-state index is -0.187. The molecular formula is C21H22FN3O3. The highest BCUT2D eigenvalue weighted by Gasteiger charge is 2.25. The van der Waals surface area contributed by atoms with Crippen LogP contribution in [-0.4, -0.2) is 53.6 Å². The van der Waals surface area contributed by atoms with E-state index in [0.717, 1.165) is 38.0 Å². The zero-order valence-electron chi connectivity index (χ0n) is 15.5. The van der Waals surface area contributed by atoms with Gasteiger partial charge in [0.25, 0.3) is 5.91 Å². The largest absolute Gasteiger partial charge is 0.461 e. The first-order chi connectivity index (χ1) is 13.7. The summed E-state index contributed by atoms with van der Waals surface area (Å²) < 4.78 is 23.7. The van der Waals surface area contributed by atoms with Crippen LogP contribution in [0.4, 0.5) is 4.39 Å². The fourth-order valence-corrected chi connectivity index (χ4v) is 3.45. The van der Waals surface area contributed by atoms with Crippen LogP contribution < -0.4 is 0 Å². The van der Waals surface area contributed by atoms with E-state index in [1.807, 2.05) is 6.07 Å². The van der Waals surface area contributed by atoms with Crippen molar-refractivity contribution in [2.24, 2.45) is 0 Å². The average Bonchev–Trinajstić information content (AvgIpc) is 3.40. The minimum Gasteiger partial charge on any atom is -0.461 e. The molecule has 3 aromatic rings. The zero-order chi connectivity index (χ0) is 19.3. The number of hydrogen-bond donors (Lipinski definition) is 0. The van der Waals surface area contributed by atoms with Crippen LogP contribution in [0.15, 0.2) is 57.7 Å². The van der Waals surface area contributed by atoms with Gasteiger partial charge in [-0.15, -0.1) is 0 Å². The monoisotopic (exact) mass is 383 g/mol. The molecule has 1 saturated heterocycles. The number of aromatic nitrogens is 1. The number of amides is 1. The lowest BCUT2D eigenvalue weighted by atomic mass is 10.1. The molecule has 4 rings (SSSR count). The van der Waals surface area contributed by atoms with Crippen molar-refractivity contribution in [2.45, 2.75) is 12.8 Å². The van der Waals surface area contributed by atoms with E-state index in [1.54, 1.807) is 41.5 Å². The summed E-state index contributed by atoms with van der Waals surface area (Å²) in [6, 6.07) is 11.9. The number of carbonyl (C=O) groups is 1. The lowest BCUT2D eigenvalue weighted by Crippen LogP contribution is -2.49. The second-order valence-electron chi connectivity index (χ2n) is 6.92. The summed E-state index contributed by atoms with van der Waals surface area (Å²) in [7, 11) is 0. The quantitative estimate of drug-likeness (QED) is 0.652. The summed E-state index contributed by atoms with van der Waals surface area (Å²) in [6.45, 7) is 3.88. The topological polar surface area (TPSA) is 62.7 Å². The Balaban J connectivity index is 1.24. The van der Waals surface area contributed by atoms with Crippen molar-refractivity contribution in [2.75, 3.05) is 32.7 Å². The van der Waals surface area contributed by atoms with Crippen LogP contribution in [-0.2, 0) is 6.42 Å². The molecule has 0 N–H and O–H groups in total. The molecule has 7 heteroatoms. The number of halogens is 1. The highest BCUT2D eigenvalue weighted by Crippen LogP contribution is 2.21. The second kappa shape index (κ2) is 8.39. The fraction of sp³-hybridized carbons (Fsp3) is 0.333. The SMILES string of the molecule is O=C(c1cc(-c2ccco2)on1)N1CCN(CCCc2cccc(F)c2)CC1. The predicted molar refractivity (Wildman–Crippen MR) is 101 cm³/mol. The molecule has 0 bridgehead atoms. The molecule has 0 spiro atoms. The molecule has 1 amide bonds. The standard InChI is InChI=1S/C21H22FN3O3/c22-17-6-1-4-16(14-17)5-2-8-24-9-11-25(12-10-24)21(26)18-15-20(28-23-18)19-7-3-13-27-19/h1,3-4,6-7,13-15H,2,5,8-12H2. The molecule has 2 aromatic heterocycles. The van der Waals surface area contributed by atoms with E-state index in [2.05, 4.69) is 10.1 Å². The highest BCUT2D eigenvalue weighted by atomic mass is 19.1. The first-order valence-electron chi connectivity index (χ1n) is 9.46. The number of rotatable bonds is 6. The Bertz CT molecular complexity index is 915. The Hall–Kier alpha value is -2.93. The first kappa shape index (κ1) is 18.4. The van der Waals surface area contributed by atoms with Gasteiger partial charge >= 0.3 is 0 Å². The number of aryl methyl sites for hydroxylation is 1. The van der Waals surface area contributed by atoms with E-state index >= 15 is 0 Å². The van der Waals surface area contributed by atoms with Crippen molar-refractivity contribution in [3.05, 3.63) is 65.8 Å². The smallest absolute Gasteiger partial charge is 0.276 e. The molecule has 1 fully saturated rings. The molecule has 0 aliphatic carbocycles. The number of hydrogen-bond acceptors (Lipinski definition) is 5. The number of furan rings is 1. The number of nitrogens with zero attached hydrogens (tertiary/aromatic N) is 3. The van der Waals surface area contributed by atoms with Crippen molar-refractivity contribution < 1.29 is 18.1 Å². The van der Waals surface area contributed by atoms with Crippen molar-refractivity contribution in [1.29, 1.82) is 0 Å². The van der Waals surface area contributed by atoms with Crippen LogP contribution in [0.1, 0.15) is 22.5 Å². The number of benzene rings is 1. The van der Waals surface area contributed by atoms with Crippen LogP contribution in [0.5, 0.6) is 0 Å². The van der Waals surface area contributed by atoms with E-state index in [9.17, 15) is 9.18 Å². The Morgan fingerprint density at radius 2 is 1.93 bits per heavy atom. The van der Waals surface area contributed by atoms with Crippen LogP contribution in [0.25, 0.3) is 11.5 Å². The molecule has 1 aromatic carbocycles. The molecule has 0 saturated carbocycles. The summed E-state index contributed by atoms with van der Waals surface area (Å²) in [5.41, 5.74) is 1.32. The maximum atomic E-state index is 13.2. The lowest BCUT2D eigenvalue weighted by molar-refractivity contribution is 0.0626. The minimum absolute atomic E-state index is 0.124. The lowest BCUT2D eigenvalue weighted by Gasteiger charge is -2.34. The fourth-order valence-electron chi connectivity index (χ4n) is 3.45. The average molecular weight is 383 g/mol. The maximum absolute atomic E-state index is 13.2. The van der Waals surface area contributed by atoms with Gasteiger partial charge in [0.2, 0.25) is 5.76 Å². The highest BCUT2D eigenvalue weighted by molar-refractivity contribution is 5.93. The second-order valence-corrected chi connectivity index (χ2v) is 6.92. The molecule has 1 aliphatic heterocycles. The Kier molecular flexibility index (Phi) is 5.53. The van der Waals surface area contributed by atoms with Gasteiger partial charge in [0.05, 0.1) is 6.26 Å². The van der Waals surface area contributed by atoms with Gasteiger partial charge in [0.1, 0.15) is 5.82 Å². The number of carbonyl (C=O) groups excluding carboxylic acids is 1. The van der Waals surface area contributed by atoms with Gasteiger partial charge in [-0.3, -0.25) is 9.69 Å². The first-order valence-corrected chi connectivity index (χ1v) is 9.46. The summed E-state index contributed by atoms with van der Waals surface area (Å²) in [5, 5.41) is 3.89. The van der Waals surface area contributed by atoms with Gasteiger partial charge < -0.3 is 13.8 Å². The van der Waals surface area contributed by atoms with Crippen molar-refractivity contribution in [3.63, 3.8) is 0 Å². The van der Waals surface area contributed by atoms with Gasteiger partial charge in [-0.1, -0.05) is 17.3 Å². The van der Waals surface area contributed by atoms with E-state index in [0.29, 0.717) is 30.3 Å². The molecule has 0 radical (unpaired) electrons. The molecule has 0 unspecified atom stereocenters. The van der Waals surface area contributed by atoms with E-state index < -0.39 is 0 Å². The Morgan fingerprint density at radius 3 is 2.68 bits per heavy atom. The Labute approximate surface area is 162 Å². The summed E-state index contributed by atoms with van der Waals surface area (Å²) in [6.07, 6.45) is 3.37. The van der Waals surface area contributed by atoms with Crippen LogP contribution in [0.3, 0.4) is 0 Å². The molecule has 1 aliphatic rings. The molecular weight excluding hydrogens is 361 g/mol. The summed E-state index contributed by atoms with van der Waals surface area (Å²) in [4.78, 5) is 16.8.